The Hall–Kier alpha value is -4.03. The van der Waals surface area contributed by atoms with Gasteiger partial charge in [0.05, 0.1) is 22.6 Å². The first-order chi connectivity index (χ1) is 19.9. The van der Waals surface area contributed by atoms with Crippen LogP contribution >= 0.6 is 0 Å². The fourth-order valence-electron chi connectivity index (χ4n) is 4.60. The number of aliphatic imine (C=N–C) groups is 2. The molecular weight excluding hydrogens is 567 g/mol. The molecule has 224 valence electrons. The molecule has 0 aliphatic carbocycles. The molecule has 2 aromatic rings. The number of halogens is 3. The summed E-state index contributed by atoms with van der Waals surface area (Å²) in [5, 5.41) is 0. The number of alkyl halides is 3. The van der Waals surface area contributed by atoms with E-state index in [-0.39, 0.29) is 28.7 Å². The third kappa shape index (κ3) is 7.62. The van der Waals surface area contributed by atoms with E-state index < -0.39 is 21.8 Å². The average Bonchev–Trinajstić information content (AvgIpc) is 2.95. The number of para-hydroxylation sites is 1. The maximum absolute atomic E-state index is 13.5. The predicted octanol–water partition coefficient (Wildman–Crippen LogP) is 6.01. The van der Waals surface area contributed by atoms with Crippen molar-refractivity contribution in [2.24, 2.45) is 9.98 Å². The number of benzene rings is 2. The molecule has 0 unspecified atom stereocenters. The zero-order valence-corrected chi connectivity index (χ0v) is 24.6. The van der Waals surface area contributed by atoms with Crippen molar-refractivity contribution in [3.05, 3.63) is 82.6 Å². The number of anilines is 1. The van der Waals surface area contributed by atoms with Gasteiger partial charge in [0.2, 0.25) is 0 Å². The summed E-state index contributed by atoms with van der Waals surface area (Å²) in [7, 11) is -4.02. The third-order valence-corrected chi connectivity index (χ3v) is 8.11. The molecule has 0 bridgehead atoms. The Labute approximate surface area is 244 Å². The van der Waals surface area contributed by atoms with Crippen molar-refractivity contribution in [2.45, 2.75) is 31.8 Å². The summed E-state index contributed by atoms with van der Waals surface area (Å²) >= 11 is 0. The van der Waals surface area contributed by atoms with Crippen LogP contribution in [0.2, 0.25) is 0 Å². The van der Waals surface area contributed by atoms with Gasteiger partial charge in [-0.15, -0.1) is 0 Å². The van der Waals surface area contributed by atoms with E-state index in [2.05, 4.69) is 28.1 Å². The number of carbonyl (C=O) groups is 1. The highest BCUT2D eigenvalue weighted by Crippen LogP contribution is 2.32. The van der Waals surface area contributed by atoms with Crippen LogP contribution in [0.5, 0.6) is 0 Å². The fraction of sp³-hybridized carbons (Fsp3) is 0.300. The molecule has 2 aromatic carbocycles. The number of piperazine rings is 1. The predicted molar refractivity (Wildman–Crippen MR) is 162 cm³/mol. The Morgan fingerprint density at radius 1 is 1.07 bits per heavy atom. The molecule has 1 amide bonds. The van der Waals surface area contributed by atoms with Crippen molar-refractivity contribution >= 4 is 46.8 Å². The Balaban J connectivity index is 1.72. The number of nitrogens with zero attached hydrogens (tertiary/aromatic N) is 4. The summed E-state index contributed by atoms with van der Waals surface area (Å²) < 4.78 is 69.4. The number of allylic oxidation sites excluding steroid dienone is 4. The lowest BCUT2D eigenvalue weighted by molar-refractivity contribution is -0.0893. The van der Waals surface area contributed by atoms with Crippen LogP contribution < -0.4 is 4.72 Å². The lowest BCUT2D eigenvalue weighted by Crippen LogP contribution is -2.49. The normalized spacial score (nSPS) is 15.6. The topological polar surface area (TPSA) is 94.4 Å². The molecule has 0 radical (unpaired) electrons. The average molecular weight is 602 g/mol. The molecule has 1 aliphatic heterocycles. The Morgan fingerprint density at radius 3 is 2.31 bits per heavy atom. The minimum Gasteiger partial charge on any atom is -0.336 e. The van der Waals surface area contributed by atoms with Gasteiger partial charge in [-0.25, -0.2) is 8.42 Å². The number of aryl methyl sites for hydroxylation is 1. The van der Waals surface area contributed by atoms with Crippen LogP contribution in [0.15, 0.2) is 80.8 Å². The van der Waals surface area contributed by atoms with Crippen LogP contribution in [0.25, 0.3) is 6.08 Å². The lowest BCUT2D eigenvalue weighted by atomic mass is 10.1. The highest BCUT2D eigenvalue weighted by molar-refractivity contribution is 7.92. The summed E-state index contributed by atoms with van der Waals surface area (Å²) in [5.41, 5.74) is 1.05. The second kappa shape index (κ2) is 13.8. The SMILES string of the molecule is C=N/C(CN1CCN(C(=O)c2ccc(NS(=O)(=O)c3cccc(/C=C\C)c3N=C)c(C)c2)CC1)=C(\C=C/C)C(F)(F)F. The van der Waals surface area contributed by atoms with Crippen LogP contribution in [-0.2, 0) is 10.0 Å². The van der Waals surface area contributed by atoms with Gasteiger partial charge < -0.3 is 4.90 Å². The number of hydrogen-bond donors (Lipinski definition) is 1. The summed E-state index contributed by atoms with van der Waals surface area (Å²) in [6.45, 7) is 13.1. The van der Waals surface area contributed by atoms with Gasteiger partial charge in [0, 0.05) is 43.9 Å². The molecule has 1 aliphatic rings. The van der Waals surface area contributed by atoms with E-state index in [0.29, 0.717) is 48.6 Å². The lowest BCUT2D eigenvalue weighted by Gasteiger charge is -2.35. The van der Waals surface area contributed by atoms with E-state index in [9.17, 15) is 26.4 Å². The molecule has 42 heavy (non-hydrogen) atoms. The first-order valence-corrected chi connectivity index (χ1v) is 14.6. The number of hydrogen-bond acceptors (Lipinski definition) is 6. The van der Waals surface area contributed by atoms with Gasteiger partial charge >= 0.3 is 6.18 Å². The van der Waals surface area contributed by atoms with E-state index in [4.69, 9.17) is 0 Å². The van der Waals surface area contributed by atoms with Crippen LogP contribution in [0, 0.1) is 6.92 Å². The van der Waals surface area contributed by atoms with Crippen LogP contribution in [-0.4, -0.2) is 76.5 Å². The second-order valence-electron chi connectivity index (χ2n) is 9.57. The molecule has 8 nitrogen and oxygen atoms in total. The van der Waals surface area contributed by atoms with E-state index in [1.165, 1.54) is 31.2 Å². The second-order valence-corrected chi connectivity index (χ2v) is 11.2. The van der Waals surface area contributed by atoms with Crippen molar-refractivity contribution < 1.29 is 26.4 Å². The van der Waals surface area contributed by atoms with Crippen LogP contribution in [0.4, 0.5) is 24.5 Å². The molecule has 0 aromatic heterocycles. The van der Waals surface area contributed by atoms with Gasteiger partial charge in [-0.3, -0.25) is 24.4 Å². The molecular formula is C30H34F3N5O3S. The first-order valence-electron chi connectivity index (χ1n) is 13.1. The molecule has 3 rings (SSSR count). The Kier molecular flexibility index (Phi) is 10.6. The molecule has 0 spiro atoms. The number of sulfonamides is 1. The third-order valence-electron chi connectivity index (χ3n) is 6.72. The Morgan fingerprint density at radius 2 is 1.76 bits per heavy atom. The zero-order valence-electron chi connectivity index (χ0n) is 23.8. The maximum Gasteiger partial charge on any atom is 0.418 e. The fourth-order valence-corrected chi connectivity index (χ4v) is 5.92. The summed E-state index contributed by atoms with van der Waals surface area (Å²) in [6, 6.07) is 9.47. The van der Waals surface area contributed by atoms with E-state index in [1.54, 1.807) is 47.1 Å². The number of nitrogens with one attached hydrogen (secondary N) is 1. The number of amides is 1. The highest BCUT2D eigenvalue weighted by atomic mass is 32.2. The van der Waals surface area contributed by atoms with Gasteiger partial charge in [0.15, 0.2) is 0 Å². The monoisotopic (exact) mass is 601 g/mol. The van der Waals surface area contributed by atoms with Crippen molar-refractivity contribution in [2.75, 3.05) is 37.4 Å². The standard InChI is InChI=1S/C30H34F3N5O3S/c1-6-9-22-11-8-12-27(28(22)35-5)42(40,41)36-25-14-13-23(19-21(25)3)29(39)38-17-15-37(16-18-38)20-26(34-4)24(10-7-2)30(31,32)33/h6-14,19,36H,4-5,15-18,20H2,1-3H3/b9-6-,10-7-,26-24+. The maximum atomic E-state index is 13.5. The van der Waals surface area contributed by atoms with Crippen LogP contribution in [0.3, 0.4) is 0 Å². The quantitative estimate of drug-likeness (QED) is 0.267. The molecule has 0 saturated carbocycles. The van der Waals surface area contributed by atoms with Gasteiger partial charge in [-0.1, -0.05) is 36.4 Å². The van der Waals surface area contributed by atoms with E-state index in [0.717, 1.165) is 6.08 Å². The molecule has 1 fully saturated rings. The number of rotatable bonds is 10. The van der Waals surface area contributed by atoms with Crippen molar-refractivity contribution in [1.82, 2.24) is 9.80 Å². The number of carbonyl (C=O) groups excluding carboxylic acids is 1. The van der Waals surface area contributed by atoms with Gasteiger partial charge in [-0.05, 0) is 64.0 Å². The summed E-state index contributed by atoms with van der Waals surface area (Å²) in [5.74, 6) is -0.258. The van der Waals surface area contributed by atoms with Crippen LogP contribution in [0.1, 0.15) is 35.3 Å². The minimum absolute atomic E-state index is 0.0248. The molecule has 1 saturated heterocycles. The molecule has 1 heterocycles. The highest BCUT2D eigenvalue weighted by Gasteiger charge is 2.35. The van der Waals surface area contributed by atoms with Gasteiger partial charge in [0.1, 0.15) is 4.90 Å². The summed E-state index contributed by atoms with van der Waals surface area (Å²) in [6.07, 6.45) is 1.24. The largest absolute Gasteiger partial charge is 0.418 e. The van der Waals surface area contributed by atoms with Crippen molar-refractivity contribution in [3.8, 4) is 0 Å². The van der Waals surface area contributed by atoms with E-state index in [1.807, 2.05) is 6.92 Å². The smallest absolute Gasteiger partial charge is 0.336 e. The molecule has 0 atom stereocenters. The summed E-state index contributed by atoms with van der Waals surface area (Å²) in [4.78, 5) is 24.2. The Bertz CT molecular complexity index is 1540. The first kappa shape index (κ1) is 32.5. The zero-order chi connectivity index (χ0) is 31.1. The molecule has 1 N–H and O–H groups in total. The van der Waals surface area contributed by atoms with Gasteiger partial charge in [-0.2, -0.15) is 13.2 Å². The van der Waals surface area contributed by atoms with Gasteiger partial charge in [0.25, 0.3) is 15.9 Å². The van der Waals surface area contributed by atoms with Crippen molar-refractivity contribution in [1.29, 1.82) is 0 Å². The van der Waals surface area contributed by atoms with E-state index >= 15 is 0 Å². The van der Waals surface area contributed by atoms with Crippen molar-refractivity contribution in [3.63, 3.8) is 0 Å². The molecule has 12 heteroatoms. The minimum atomic E-state index is -4.56.